The average molecular weight is 913 g/mol. The molecule has 0 aliphatic carbocycles. The van der Waals surface area contributed by atoms with Gasteiger partial charge in [-0.05, 0) is 33.6 Å². The molecule has 17 nitrogen and oxygen atoms in total. The van der Waals surface area contributed by atoms with Crippen molar-refractivity contribution in [2.24, 2.45) is 17.8 Å². The van der Waals surface area contributed by atoms with Gasteiger partial charge in [-0.2, -0.15) is 0 Å². The number of esters is 1. The third-order valence-corrected chi connectivity index (χ3v) is 13.2. The van der Waals surface area contributed by atoms with Crippen molar-refractivity contribution < 1.29 is 84.3 Å². The van der Waals surface area contributed by atoms with Gasteiger partial charge in [-0.15, -0.1) is 0 Å². The first kappa shape index (κ1) is 54.2. The van der Waals surface area contributed by atoms with Gasteiger partial charge in [0.05, 0.1) is 61.0 Å². The summed E-state index contributed by atoms with van der Waals surface area (Å²) in [6, 6.07) is 0. The minimum absolute atomic E-state index is 0.0733. The van der Waals surface area contributed by atoms with E-state index in [4.69, 9.17) is 28.4 Å². The molecule has 0 aromatic heterocycles. The lowest BCUT2D eigenvalue weighted by atomic mass is 9.80. The quantitative estimate of drug-likeness (QED) is 0.176. The number of cyclic esters (lactones) is 1. The monoisotopic (exact) mass is 913 g/mol. The Hall–Kier alpha value is -2.43. The number of carbonyl (C=O) groups is 1. The molecule has 4 rings (SSSR count). The van der Waals surface area contributed by atoms with E-state index in [1.807, 2.05) is 58.9 Å². The highest BCUT2D eigenvalue weighted by Gasteiger charge is 2.54. The van der Waals surface area contributed by atoms with Crippen LogP contribution in [0.5, 0.6) is 0 Å². The van der Waals surface area contributed by atoms with Crippen LogP contribution in [0.2, 0.25) is 0 Å². The second kappa shape index (κ2) is 24.5. The van der Waals surface area contributed by atoms with E-state index in [1.165, 1.54) is 13.8 Å². The SMILES string of the molecule is CCC1OC(=O)CC[C@@H](O)[C@H](O)C[C@H](O)C[C@]2(O)C[C@H](O)[C@](C)(O)[C@H](CC(O[C@@H]3O[C@H](C)[C@@H](O)[C@H](O)[C@@H]3O)/C=C/C=C/C=C/C=C/C=C/C(C)C(O[C@H]3C[C@@H](O)[C@@H](C)[C@H](C)O3)C1C)O2. The molecule has 3 saturated heterocycles. The number of carbonyl (C=O) groups excluding carboxylic acids is 1. The molecule has 0 aromatic carbocycles. The lowest BCUT2D eigenvalue weighted by Gasteiger charge is -2.49. The van der Waals surface area contributed by atoms with Gasteiger partial charge in [0.15, 0.2) is 18.4 Å². The molecule has 64 heavy (non-hydrogen) atoms. The van der Waals surface area contributed by atoms with Gasteiger partial charge >= 0.3 is 5.97 Å². The van der Waals surface area contributed by atoms with Gasteiger partial charge in [-0.25, -0.2) is 0 Å². The molecule has 0 spiro atoms. The summed E-state index contributed by atoms with van der Waals surface area (Å²) in [5.41, 5.74) is -1.96. The molecule has 4 heterocycles. The lowest BCUT2D eigenvalue weighted by Crippen LogP contribution is -2.63. The fourth-order valence-corrected chi connectivity index (χ4v) is 8.66. The largest absolute Gasteiger partial charge is 0.462 e. The molecule has 17 heteroatoms. The Morgan fingerprint density at radius 2 is 1.31 bits per heavy atom. The summed E-state index contributed by atoms with van der Waals surface area (Å²) in [6.45, 7) is 12.4. The zero-order valence-electron chi connectivity index (χ0n) is 38.2. The molecule has 3 fully saturated rings. The normalized spacial score (nSPS) is 49.0. The van der Waals surface area contributed by atoms with E-state index in [1.54, 1.807) is 36.5 Å². The van der Waals surface area contributed by atoms with Gasteiger partial charge in [0.2, 0.25) is 0 Å². The Kier molecular flexibility index (Phi) is 20.8. The number of fused-ring (bicyclic) bond motifs is 2. The number of aliphatic hydroxyl groups excluding tert-OH is 8. The highest BCUT2D eigenvalue weighted by molar-refractivity contribution is 5.69. The highest BCUT2D eigenvalue weighted by Crippen LogP contribution is 2.40. The number of allylic oxidation sites excluding steroid dienone is 8. The van der Waals surface area contributed by atoms with Crippen LogP contribution in [-0.2, 0) is 33.2 Å². The zero-order valence-corrected chi connectivity index (χ0v) is 38.2. The molecule has 0 aromatic rings. The van der Waals surface area contributed by atoms with Crippen molar-refractivity contribution in [2.45, 2.75) is 209 Å². The summed E-state index contributed by atoms with van der Waals surface area (Å²) in [4.78, 5) is 13.2. The number of aliphatic hydroxyl groups is 10. The summed E-state index contributed by atoms with van der Waals surface area (Å²) >= 11 is 0. The van der Waals surface area contributed by atoms with Gasteiger partial charge in [0.1, 0.15) is 30.0 Å². The summed E-state index contributed by atoms with van der Waals surface area (Å²) in [7, 11) is 0. The van der Waals surface area contributed by atoms with Crippen molar-refractivity contribution in [1.82, 2.24) is 0 Å². The fraction of sp³-hybridized carbons (Fsp3) is 0.766. The second-order valence-electron chi connectivity index (χ2n) is 18.5. The Labute approximate surface area is 377 Å². The molecule has 10 N–H and O–H groups in total. The van der Waals surface area contributed by atoms with Crippen LogP contribution in [0.1, 0.15) is 99.8 Å². The summed E-state index contributed by atoms with van der Waals surface area (Å²) in [5.74, 6) is -3.46. The molecule has 21 atom stereocenters. The topological polar surface area (TPSA) is 275 Å². The minimum atomic E-state index is -2.23. The second-order valence-corrected chi connectivity index (χ2v) is 18.5. The molecule has 0 radical (unpaired) electrons. The first-order valence-corrected chi connectivity index (χ1v) is 22.8. The molecule has 4 aliphatic rings. The molecule has 0 amide bonds. The first-order valence-electron chi connectivity index (χ1n) is 22.8. The average Bonchev–Trinajstić information content (AvgIpc) is 3.22. The Balaban J connectivity index is 1.62. The van der Waals surface area contributed by atoms with E-state index in [2.05, 4.69) is 0 Å². The van der Waals surface area contributed by atoms with Gasteiger partial charge in [-0.3, -0.25) is 4.79 Å². The molecule has 0 saturated carbocycles. The lowest BCUT2D eigenvalue weighted by molar-refractivity contribution is -0.341. The maximum atomic E-state index is 13.2. The van der Waals surface area contributed by atoms with Gasteiger partial charge in [-0.1, -0.05) is 88.5 Å². The predicted octanol–water partition coefficient (Wildman–Crippen LogP) is 1.73. The van der Waals surface area contributed by atoms with E-state index in [9.17, 15) is 55.9 Å². The van der Waals surface area contributed by atoms with Crippen LogP contribution in [0.25, 0.3) is 0 Å². The van der Waals surface area contributed by atoms with Crippen LogP contribution in [-0.4, -0.2) is 166 Å². The number of ether oxygens (including phenoxy) is 6. The van der Waals surface area contributed by atoms with Gasteiger partial charge < -0.3 is 79.5 Å². The summed E-state index contributed by atoms with van der Waals surface area (Å²) in [5, 5.41) is 109. The van der Waals surface area contributed by atoms with Crippen molar-refractivity contribution >= 4 is 5.97 Å². The van der Waals surface area contributed by atoms with E-state index < -0.39 is 129 Å². The molecule has 2 bridgehead atoms. The van der Waals surface area contributed by atoms with E-state index in [0.29, 0.717) is 6.42 Å². The van der Waals surface area contributed by atoms with E-state index in [0.717, 1.165) is 0 Å². The van der Waals surface area contributed by atoms with Crippen molar-refractivity contribution in [2.75, 3.05) is 0 Å². The van der Waals surface area contributed by atoms with Crippen LogP contribution < -0.4 is 0 Å². The maximum Gasteiger partial charge on any atom is 0.306 e. The Morgan fingerprint density at radius 1 is 0.688 bits per heavy atom. The standard InChI is InChI=1S/C47H76O17/c1-8-36-28(4)44(63-40-23-34(50)27(3)29(5)59-40)26(2)17-15-13-11-9-10-12-14-16-18-32(61-45-43(56)42(55)41(54)30(6)60-45)22-38-46(7,57)37(52)25-47(58,64-38)24-31(48)21-35(51)33(49)19-20-39(53)62-36/h9-18,26-38,40-45,48-52,54-58H,8,19-25H2,1-7H3/b10-9+,13-11+,14-12+,17-15+,18-16+/t26?,27-,28?,29-,30+,31-,32?,33+,34+,35+,36?,37-,38-,40-,41+,42-,43-,44?,45-,46-,47+/m0/s1. The van der Waals surface area contributed by atoms with Gasteiger partial charge in [0, 0.05) is 56.3 Å². The molecule has 5 unspecified atom stereocenters. The van der Waals surface area contributed by atoms with Crippen molar-refractivity contribution in [3.63, 3.8) is 0 Å². The van der Waals surface area contributed by atoms with Crippen LogP contribution in [0.3, 0.4) is 0 Å². The minimum Gasteiger partial charge on any atom is -0.462 e. The van der Waals surface area contributed by atoms with Crippen molar-refractivity contribution in [1.29, 1.82) is 0 Å². The maximum absolute atomic E-state index is 13.2. The third-order valence-electron chi connectivity index (χ3n) is 13.2. The number of rotatable bonds is 5. The Bertz CT molecular complexity index is 1570. The Morgan fingerprint density at radius 3 is 1.94 bits per heavy atom. The highest BCUT2D eigenvalue weighted by atomic mass is 16.7. The molecule has 4 aliphatic heterocycles. The van der Waals surface area contributed by atoms with Crippen LogP contribution in [0.4, 0.5) is 0 Å². The van der Waals surface area contributed by atoms with Crippen LogP contribution in [0.15, 0.2) is 60.8 Å². The predicted molar refractivity (Wildman–Crippen MR) is 233 cm³/mol. The summed E-state index contributed by atoms with van der Waals surface area (Å²) < 4.78 is 36.3. The number of hydrogen-bond donors (Lipinski definition) is 10. The first-order chi connectivity index (χ1) is 30.1. The van der Waals surface area contributed by atoms with E-state index in [-0.39, 0.29) is 49.5 Å². The molecular weight excluding hydrogens is 836 g/mol. The zero-order chi connectivity index (χ0) is 47.5. The van der Waals surface area contributed by atoms with Gasteiger partial charge in [0.25, 0.3) is 0 Å². The van der Waals surface area contributed by atoms with Crippen LogP contribution >= 0.6 is 0 Å². The third kappa shape index (κ3) is 15.0. The molecular formula is C47H76O17. The van der Waals surface area contributed by atoms with Crippen LogP contribution in [0, 0.1) is 17.8 Å². The van der Waals surface area contributed by atoms with Crippen molar-refractivity contribution in [3.05, 3.63) is 60.8 Å². The molecule has 366 valence electrons. The van der Waals surface area contributed by atoms with Crippen molar-refractivity contribution in [3.8, 4) is 0 Å². The summed E-state index contributed by atoms with van der Waals surface area (Å²) in [6.07, 6.45) is -1.95. The smallest absolute Gasteiger partial charge is 0.306 e. The van der Waals surface area contributed by atoms with E-state index >= 15 is 0 Å². The fourth-order valence-electron chi connectivity index (χ4n) is 8.66. The number of hydrogen-bond acceptors (Lipinski definition) is 17.